The average molecular weight is 303 g/mol. The van der Waals surface area contributed by atoms with Crippen molar-refractivity contribution in [3.63, 3.8) is 0 Å². The Hall–Kier alpha value is -2.37. The molecule has 2 fully saturated rings. The molecule has 1 aromatic carbocycles. The SMILES string of the molecule is O=C(O)c1cn(C2CC2)c2cc(OC3CC3)c(F)cc2c1=O. The number of fused-ring (bicyclic) bond motifs is 1. The van der Waals surface area contributed by atoms with Gasteiger partial charge in [-0.05, 0) is 31.7 Å². The molecular weight excluding hydrogens is 289 g/mol. The van der Waals surface area contributed by atoms with Crippen LogP contribution in [0.3, 0.4) is 0 Å². The number of hydrogen-bond donors (Lipinski definition) is 1. The molecule has 5 nitrogen and oxygen atoms in total. The van der Waals surface area contributed by atoms with Gasteiger partial charge in [0.05, 0.1) is 11.6 Å². The van der Waals surface area contributed by atoms with Crippen molar-refractivity contribution in [2.75, 3.05) is 0 Å². The van der Waals surface area contributed by atoms with E-state index in [-0.39, 0.29) is 28.8 Å². The number of aromatic nitrogens is 1. The monoisotopic (exact) mass is 303 g/mol. The molecule has 2 aliphatic carbocycles. The number of aromatic carboxylic acids is 1. The van der Waals surface area contributed by atoms with Gasteiger partial charge in [0.2, 0.25) is 5.43 Å². The Balaban J connectivity index is 1.98. The van der Waals surface area contributed by atoms with Crippen LogP contribution >= 0.6 is 0 Å². The van der Waals surface area contributed by atoms with Crippen molar-refractivity contribution < 1.29 is 19.0 Å². The number of carbonyl (C=O) groups is 1. The summed E-state index contributed by atoms with van der Waals surface area (Å²) in [6.07, 6.45) is 5.07. The van der Waals surface area contributed by atoms with Gasteiger partial charge in [0.25, 0.3) is 0 Å². The first-order valence-electron chi connectivity index (χ1n) is 7.33. The minimum absolute atomic E-state index is 0.0475. The molecule has 2 saturated carbocycles. The third-order valence-electron chi connectivity index (χ3n) is 4.07. The highest BCUT2D eigenvalue weighted by Gasteiger charge is 2.29. The zero-order chi connectivity index (χ0) is 15.4. The molecule has 0 aliphatic heterocycles. The van der Waals surface area contributed by atoms with Crippen LogP contribution in [0.1, 0.15) is 42.1 Å². The molecule has 0 atom stereocenters. The maximum atomic E-state index is 14.1. The molecule has 0 amide bonds. The van der Waals surface area contributed by atoms with Crippen LogP contribution < -0.4 is 10.2 Å². The zero-order valence-electron chi connectivity index (χ0n) is 11.7. The molecule has 2 aromatic rings. The van der Waals surface area contributed by atoms with E-state index < -0.39 is 17.2 Å². The van der Waals surface area contributed by atoms with Crippen LogP contribution in [-0.2, 0) is 0 Å². The van der Waals surface area contributed by atoms with Gasteiger partial charge < -0.3 is 14.4 Å². The van der Waals surface area contributed by atoms with Crippen molar-refractivity contribution in [2.45, 2.75) is 37.8 Å². The lowest BCUT2D eigenvalue weighted by atomic mass is 10.1. The highest BCUT2D eigenvalue weighted by molar-refractivity contribution is 5.93. The molecule has 0 unspecified atom stereocenters. The lowest BCUT2D eigenvalue weighted by Crippen LogP contribution is -2.19. The molecule has 0 bridgehead atoms. The van der Waals surface area contributed by atoms with E-state index in [4.69, 9.17) is 4.74 Å². The fraction of sp³-hybridized carbons (Fsp3) is 0.375. The number of carboxylic acid groups (broad SMARTS) is 1. The number of hydrogen-bond acceptors (Lipinski definition) is 3. The van der Waals surface area contributed by atoms with Crippen molar-refractivity contribution in [3.05, 3.63) is 39.9 Å². The largest absolute Gasteiger partial charge is 0.487 e. The summed E-state index contributed by atoms with van der Waals surface area (Å²) >= 11 is 0. The predicted molar refractivity (Wildman–Crippen MR) is 77.0 cm³/mol. The molecule has 2 aliphatic rings. The summed E-state index contributed by atoms with van der Waals surface area (Å²) in [5, 5.41) is 9.26. The third-order valence-corrected chi connectivity index (χ3v) is 4.07. The van der Waals surface area contributed by atoms with Gasteiger partial charge in [0.1, 0.15) is 5.56 Å². The van der Waals surface area contributed by atoms with Gasteiger partial charge >= 0.3 is 5.97 Å². The van der Waals surface area contributed by atoms with E-state index in [1.807, 2.05) is 0 Å². The quantitative estimate of drug-likeness (QED) is 0.943. The second kappa shape index (κ2) is 4.56. The second-order valence-corrected chi connectivity index (χ2v) is 5.93. The van der Waals surface area contributed by atoms with Crippen molar-refractivity contribution >= 4 is 16.9 Å². The highest BCUT2D eigenvalue weighted by Crippen LogP contribution is 2.38. The Kier molecular flexibility index (Phi) is 2.76. The summed E-state index contributed by atoms with van der Waals surface area (Å²) in [6.45, 7) is 0. The van der Waals surface area contributed by atoms with Crippen LogP contribution in [0.2, 0.25) is 0 Å². The summed E-state index contributed by atoms with van der Waals surface area (Å²) < 4.78 is 21.4. The molecule has 0 radical (unpaired) electrons. The second-order valence-electron chi connectivity index (χ2n) is 5.93. The van der Waals surface area contributed by atoms with Crippen molar-refractivity contribution in [2.24, 2.45) is 0 Å². The average Bonchev–Trinajstić information content (AvgIpc) is 3.34. The number of halogens is 1. The first-order chi connectivity index (χ1) is 10.5. The third kappa shape index (κ3) is 2.15. The number of ether oxygens (including phenoxy) is 1. The van der Waals surface area contributed by atoms with E-state index in [9.17, 15) is 19.1 Å². The van der Waals surface area contributed by atoms with E-state index >= 15 is 0 Å². The molecule has 6 heteroatoms. The minimum Gasteiger partial charge on any atom is -0.487 e. The molecule has 0 saturated heterocycles. The van der Waals surface area contributed by atoms with E-state index in [2.05, 4.69) is 0 Å². The Morgan fingerprint density at radius 2 is 2.00 bits per heavy atom. The topological polar surface area (TPSA) is 68.5 Å². The first-order valence-corrected chi connectivity index (χ1v) is 7.33. The van der Waals surface area contributed by atoms with E-state index in [0.717, 1.165) is 31.7 Å². The molecule has 0 spiro atoms. The maximum Gasteiger partial charge on any atom is 0.341 e. The molecule has 1 N–H and O–H groups in total. The summed E-state index contributed by atoms with van der Waals surface area (Å²) in [5.41, 5.74) is -0.444. The minimum atomic E-state index is -1.29. The molecule has 1 aromatic heterocycles. The number of rotatable bonds is 4. The highest BCUT2D eigenvalue weighted by atomic mass is 19.1. The van der Waals surface area contributed by atoms with Crippen LogP contribution in [-0.4, -0.2) is 21.7 Å². The van der Waals surface area contributed by atoms with Gasteiger partial charge in [0.15, 0.2) is 11.6 Å². The molecule has 114 valence electrons. The van der Waals surface area contributed by atoms with Crippen molar-refractivity contribution in [3.8, 4) is 5.75 Å². The van der Waals surface area contributed by atoms with Crippen LogP contribution in [0.15, 0.2) is 23.1 Å². The fourth-order valence-corrected chi connectivity index (χ4v) is 2.61. The van der Waals surface area contributed by atoms with Gasteiger partial charge in [-0.2, -0.15) is 0 Å². The lowest BCUT2D eigenvalue weighted by molar-refractivity contribution is 0.0695. The zero-order valence-corrected chi connectivity index (χ0v) is 11.7. The normalized spacial score (nSPS) is 17.7. The van der Waals surface area contributed by atoms with Crippen LogP contribution in [0.4, 0.5) is 4.39 Å². The van der Waals surface area contributed by atoms with Crippen molar-refractivity contribution in [1.82, 2.24) is 4.57 Å². The summed E-state index contributed by atoms with van der Waals surface area (Å²) in [6, 6.07) is 2.79. The van der Waals surface area contributed by atoms with Gasteiger partial charge in [-0.25, -0.2) is 9.18 Å². The van der Waals surface area contributed by atoms with Crippen LogP contribution in [0.25, 0.3) is 10.9 Å². The molecule has 1 heterocycles. The number of nitrogens with zero attached hydrogens (tertiary/aromatic N) is 1. The fourth-order valence-electron chi connectivity index (χ4n) is 2.61. The van der Waals surface area contributed by atoms with E-state index in [0.29, 0.717) is 5.52 Å². The van der Waals surface area contributed by atoms with E-state index in [1.54, 1.807) is 4.57 Å². The molecular formula is C16H14FNO4. The standard InChI is InChI=1S/C16H14FNO4/c17-12-5-10-13(6-14(12)22-9-3-4-9)18(8-1-2-8)7-11(15(10)19)16(20)21/h5-9H,1-4H2,(H,20,21). The van der Waals surface area contributed by atoms with Gasteiger partial charge in [-0.1, -0.05) is 0 Å². The maximum absolute atomic E-state index is 14.1. The summed E-state index contributed by atoms with van der Waals surface area (Å²) in [7, 11) is 0. The number of carboxylic acids is 1. The summed E-state index contributed by atoms with van der Waals surface area (Å²) in [4.78, 5) is 23.5. The van der Waals surface area contributed by atoms with Crippen LogP contribution in [0, 0.1) is 5.82 Å². The van der Waals surface area contributed by atoms with Gasteiger partial charge in [-0.3, -0.25) is 4.79 Å². The Morgan fingerprint density at radius 3 is 2.59 bits per heavy atom. The van der Waals surface area contributed by atoms with Crippen molar-refractivity contribution in [1.29, 1.82) is 0 Å². The van der Waals surface area contributed by atoms with Gasteiger partial charge in [-0.15, -0.1) is 0 Å². The Bertz CT molecular complexity index is 849. The summed E-state index contributed by atoms with van der Waals surface area (Å²) in [5.74, 6) is -1.78. The molecule has 22 heavy (non-hydrogen) atoms. The number of pyridine rings is 1. The van der Waals surface area contributed by atoms with Crippen LogP contribution in [0.5, 0.6) is 5.75 Å². The lowest BCUT2D eigenvalue weighted by Gasteiger charge is -2.14. The Labute approximate surface area is 124 Å². The Morgan fingerprint density at radius 1 is 1.27 bits per heavy atom. The van der Waals surface area contributed by atoms with Gasteiger partial charge in [0, 0.05) is 23.7 Å². The van der Waals surface area contributed by atoms with E-state index in [1.165, 1.54) is 12.3 Å². The first kappa shape index (κ1) is 13.3. The predicted octanol–water partition coefficient (Wildman–Crippen LogP) is 2.71. The number of benzene rings is 1. The smallest absolute Gasteiger partial charge is 0.341 e. The molecule has 4 rings (SSSR count).